The molecule has 15 heavy (non-hydrogen) atoms. The Morgan fingerprint density at radius 1 is 1.47 bits per heavy atom. The van der Waals surface area contributed by atoms with Crippen LogP contribution in [0.5, 0.6) is 0 Å². The van der Waals surface area contributed by atoms with Crippen molar-refractivity contribution in [2.75, 3.05) is 11.9 Å². The van der Waals surface area contributed by atoms with E-state index in [-0.39, 0.29) is 6.10 Å². The van der Waals surface area contributed by atoms with E-state index in [0.29, 0.717) is 23.4 Å². The first-order chi connectivity index (χ1) is 7.08. The van der Waals surface area contributed by atoms with Gasteiger partial charge in [-0.3, -0.25) is 0 Å². The number of halogens is 1. The summed E-state index contributed by atoms with van der Waals surface area (Å²) >= 11 is 5.69. The standard InChI is InChI=1S/C10H16ClN3O/c1-7(2)3-8(15)5-12-10-4-9(11)13-6-14-10/h4,6-8,15H,3,5H2,1-2H3,(H,12,13,14). The number of nitrogens with zero attached hydrogens (tertiary/aromatic N) is 2. The fourth-order valence-corrected chi connectivity index (χ4v) is 1.43. The van der Waals surface area contributed by atoms with Crippen molar-refractivity contribution in [1.29, 1.82) is 0 Å². The summed E-state index contributed by atoms with van der Waals surface area (Å²) in [4.78, 5) is 7.74. The highest BCUT2D eigenvalue weighted by Crippen LogP contribution is 2.10. The zero-order chi connectivity index (χ0) is 11.3. The largest absolute Gasteiger partial charge is 0.391 e. The lowest BCUT2D eigenvalue weighted by Gasteiger charge is -2.13. The predicted molar refractivity (Wildman–Crippen MR) is 61.0 cm³/mol. The Balaban J connectivity index is 2.36. The van der Waals surface area contributed by atoms with Gasteiger partial charge in [0.2, 0.25) is 0 Å². The summed E-state index contributed by atoms with van der Waals surface area (Å²) in [6.07, 6.45) is 1.80. The van der Waals surface area contributed by atoms with E-state index >= 15 is 0 Å². The number of aliphatic hydroxyl groups is 1. The first-order valence-electron chi connectivity index (χ1n) is 4.97. The summed E-state index contributed by atoms with van der Waals surface area (Å²) in [7, 11) is 0. The summed E-state index contributed by atoms with van der Waals surface area (Å²) in [6, 6.07) is 1.63. The fraction of sp³-hybridized carbons (Fsp3) is 0.600. The van der Waals surface area contributed by atoms with E-state index in [9.17, 15) is 5.11 Å². The van der Waals surface area contributed by atoms with E-state index in [1.54, 1.807) is 6.07 Å². The number of hydrogen-bond acceptors (Lipinski definition) is 4. The van der Waals surface area contributed by atoms with E-state index in [4.69, 9.17) is 11.6 Å². The van der Waals surface area contributed by atoms with Crippen molar-refractivity contribution in [3.63, 3.8) is 0 Å². The summed E-state index contributed by atoms with van der Waals surface area (Å²) in [5.41, 5.74) is 0. The van der Waals surface area contributed by atoms with Crippen LogP contribution in [0, 0.1) is 5.92 Å². The second-order valence-electron chi connectivity index (χ2n) is 3.89. The minimum absolute atomic E-state index is 0.362. The molecule has 4 nitrogen and oxygen atoms in total. The van der Waals surface area contributed by atoms with Gasteiger partial charge in [-0.05, 0) is 12.3 Å². The molecule has 1 atom stereocenters. The van der Waals surface area contributed by atoms with Crippen LogP contribution in [0.1, 0.15) is 20.3 Å². The highest BCUT2D eigenvalue weighted by Gasteiger charge is 2.06. The molecule has 0 spiro atoms. The zero-order valence-electron chi connectivity index (χ0n) is 8.94. The molecule has 0 aliphatic carbocycles. The van der Waals surface area contributed by atoms with Crippen LogP contribution in [-0.2, 0) is 0 Å². The van der Waals surface area contributed by atoms with Gasteiger partial charge in [0.25, 0.3) is 0 Å². The van der Waals surface area contributed by atoms with Gasteiger partial charge in [0, 0.05) is 12.6 Å². The zero-order valence-corrected chi connectivity index (χ0v) is 9.70. The van der Waals surface area contributed by atoms with Crippen molar-refractivity contribution in [2.24, 2.45) is 5.92 Å². The topological polar surface area (TPSA) is 58.0 Å². The quantitative estimate of drug-likeness (QED) is 0.758. The molecule has 84 valence electrons. The smallest absolute Gasteiger partial charge is 0.134 e. The maximum atomic E-state index is 9.61. The average Bonchev–Trinajstić information content (AvgIpc) is 2.14. The Morgan fingerprint density at radius 2 is 2.20 bits per heavy atom. The number of aliphatic hydroxyl groups excluding tert-OH is 1. The molecular formula is C10H16ClN3O. The SMILES string of the molecule is CC(C)CC(O)CNc1cc(Cl)ncn1. The van der Waals surface area contributed by atoms with E-state index in [1.807, 2.05) is 0 Å². The van der Waals surface area contributed by atoms with Crippen molar-refractivity contribution < 1.29 is 5.11 Å². The number of hydrogen-bond donors (Lipinski definition) is 2. The van der Waals surface area contributed by atoms with Gasteiger partial charge in [0.15, 0.2) is 0 Å². The lowest BCUT2D eigenvalue weighted by molar-refractivity contribution is 0.161. The molecule has 0 aliphatic heterocycles. The summed E-state index contributed by atoms with van der Waals surface area (Å²) in [5.74, 6) is 1.12. The molecule has 0 bridgehead atoms. The van der Waals surface area contributed by atoms with Crippen molar-refractivity contribution >= 4 is 17.4 Å². The molecule has 0 radical (unpaired) electrons. The van der Waals surface area contributed by atoms with Crippen LogP contribution in [-0.4, -0.2) is 27.7 Å². The van der Waals surface area contributed by atoms with Crippen molar-refractivity contribution in [3.05, 3.63) is 17.5 Å². The average molecular weight is 230 g/mol. The van der Waals surface area contributed by atoms with Crippen LogP contribution in [0.3, 0.4) is 0 Å². The number of rotatable bonds is 5. The Labute approximate surface area is 94.7 Å². The lowest BCUT2D eigenvalue weighted by atomic mass is 10.1. The summed E-state index contributed by atoms with van der Waals surface area (Å²) in [6.45, 7) is 4.63. The van der Waals surface area contributed by atoms with Crippen LogP contribution in [0.4, 0.5) is 5.82 Å². The Hall–Kier alpha value is -0.870. The molecule has 1 aromatic heterocycles. The van der Waals surface area contributed by atoms with Crippen LogP contribution in [0.2, 0.25) is 5.15 Å². The molecule has 1 heterocycles. The molecule has 0 aliphatic rings. The van der Waals surface area contributed by atoms with Crippen LogP contribution < -0.4 is 5.32 Å². The van der Waals surface area contributed by atoms with E-state index in [0.717, 1.165) is 6.42 Å². The number of nitrogens with one attached hydrogen (secondary N) is 1. The predicted octanol–water partition coefficient (Wildman–Crippen LogP) is 1.95. The molecule has 0 saturated heterocycles. The summed E-state index contributed by atoms with van der Waals surface area (Å²) in [5, 5.41) is 13.0. The van der Waals surface area contributed by atoms with Gasteiger partial charge in [-0.15, -0.1) is 0 Å². The number of anilines is 1. The van der Waals surface area contributed by atoms with Gasteiger partial charge >= 0.3 is 0 Å². The highest BCUT2D eigenvalue weighted by atomic mass is 35.5. The van der Waals surface area contributed by atoms with Gasteiger partial charge in [-0.2, -0.15) is 0 Å². The third kappa shape index (κ3) is 4.95. The summed E-state index contributed by atoms with van der Waals surface area (Å²) < 4.78 is 0. The van der Waals surface area contributed by atoms with Gasteiger partial charge in [-0.1, -0.05) is 25.4 Å². The normalized spacial score (nSPS) is 12.9. The molecule has 0 amide bonds. The Morgan fingerprint density at radius 3 is 2.80 bits per heavy atom. The molecule has 0 fully saturated rings. The van der Waals surface area contributed by atoms with Crippen LogP contribution >= 0.6 is 11.6 Å². The molecule has 2 N–H and O–H groups in total. The minimum atomic E-state index is -0.362. The van der Waals surface area contributed by atoms with Gasteiger partial charge < -0.3 is 10.4 Å². The molecule has 5 heteroatoms. The Kier molecular flexibility index (Phi) is 4.78. The van der Waals surface area contributed by atoms with Gasteiger partial charge in [0.05, 0.1) is 6.10 Å². The fourth-order valence-electron chi connectivity index (χ4n) is 1.28. The minimum Gasteiger partial charge on any atom is -0.391 e. The van der Waals surface area contributed by atoms with E-state index < -0.39 is 0 Å². The number of aromatic nitrogens is 2. The maximum Gasteiger partial charge on any atom is 0.134 e. The first-order valence-corrected chi connectivity index (χ1v) is 5.35. The molecule has 1 aromatic rings. The van der Waals surface area contributed by atoms with Crippen LogP contribution in [0.25, 0.3) is 0 Å². The lowest BCUT2D eigenvalue weighted by Crippen LogP contribution is -2.21. The maximum absolute atomic E-state index is 9.61. The third-order valence-corrected chi connectivity index (χ3v) is 2.10. The van der Waals surface area contributed by atoms with Crippen LogP contribution in [0.15, 0.2) is 12.4 Å². The third-order valence-electron chi connectivity index (χ3n) is 1.90. The first kappa shape index (κ1) is 12.2. The van der Waals surface area contributed by atoms with Crippen molar-refractivity contribution in [3.8, 4) is 0 Å². The van der Waals surface area contributed by atoms with E-state index in [1.165, 1.54) is 6.33 Å². The molecule has 0 saturated carbocycles. The van der Waals surface area contributed by atoms with Gasteiger partial charge in [-0.25, -0.2) is 9.97 Å². The second kappa shape index (κ2) is 5.88. The van der Waals surface area contributed by atoms with Crippen molar-refractivity contribution in [2.45, 2.75) is 26.4 Å². The molecule has 1 rings (SSSR count). The Bertz CT molecular complexity index is 306. The monoisotopic (exact) mass is 229 g/mol. The van der Waals surface area contributed by atoms with Gasteiger partial charge in [0.1, 0.15) is 17.3 Å². The van der Waals surface area contributed by atoms with Crippen molar-refractivity contribution in [1.82, 2.24) is 9.97 Å². The molecular weight excluding hydrogens is 214 g/mol. The second-order valence-corrected chi connectivity index (χ2v) is 4.28. The van der Waals surface area contributed by atoms with E-state index in [2.05, 4.69) is 29.1 Å². The molecule has 0 aromatic carbocycles. The molecule has 1 unspecified atom stereocenters. The highest BCUT2D eigenvalue weighted by molar-refractivity contribution is 6.29.